The Balaban J connectivity index is 1.31. The number of hydrogen-bond acceptors (Lipinski definition) is 5. The maximum atomic E-state index is 12.2. The summed E-state index contributed by atoms with van der Waals surface area (Å²) in [6, 6.07) is 14.0. The smallest absolute Gasteiger partial charge is 0.220 e. The summed E-state index contributed by atoms with van der Waals surface area (Å²) in [4.78, 5) is 18.8. The summed E-state index contributed by atoms with van der Waals surface area (Å²) >= 11 is 0. The minimum atomic E-state index is 0.0358. The molecule has 1 N–H and O–H groups in total. The largest absolute Gasteiger partial charge is 0.352 e. The van der Waals surface area contributed by atoms with Gasteiger partial charge >= 0.3 is 0 Å². The zero-order chi connectivity index (χ0) is 19.2. The van der Waals surface area contributed by atoms with E-state index in [-0.39, 0.29) is 5.91 Å². The number of rotatable bonds is 7. The highest BCUT2D eigenvalue weighted by atomic mass is 16.1. The Morgan fingerprint density at radius 1 is 1.07 bits per heavy atom. The van der Waals surface area contributed by atoms with Crippen LogP contribution in [-0.2, 0) is 37.4 Å². The zero-order valence-electron chi connectivity index (χ0n) is 15.8. The Morgan fingerprint density at radius 3 is 2.75 bits per heavy atom. The van der Waals surface area contributed by atoms with Crippen molar-refractivity contribution in [2.24, 2.45) is 0 Å². The van der Waals surface area contributed by atoms with Gasteiger partial charge in [-0.3, -0.25) is 14.7 Å². The summed E-state index contributed by atoms with van der Waals surface area (Å²) in [5.41, 5.74) is 4.34. The van der Waals surface area contributed by atoms with Gasteiger partial charge in [-0.2, -0.15) is 0 Å². The highest BCUT2D eigenvalue weighted by Gasteiger charge is 2.22. The highest BCUT2D eigenvalue weighted by molar-refractivity contribution is 5.76. The van der Waals surface area contributed by atoms with E-state index in [1.807, 2.05) is 47.3 Å². The second-order valence-corrected chi connectivity index (χ2v) is 7.04. The molecule has 0 bridgehead atoms. The first-order valence-corrected chi connectivity index (χ1v) is 9.61. The summed E-state index contributed by atoms with van der Waals surface area (Å²) in [5.74, 6) is 0.0358. The SMILES string of the molecule is O=C(CCc1nnn2c1CN(Cc1cccnc1)CC2)NCc1ccccc1. The Kier molecular flexibility index (Phi) is 5.72. The van der Waals surface area contributed by atoms with Crippen LogP contribution in [0, 0.1) is 0 Å². The number of nitrogens with one attached hydrogen (secondary N) is 1. The summed E-state index contributed by atoms with van der Waals surface area (Å²) in [7, 11) is 0. The van der Waals surface area contributed by atoms with E-state index in [1.165, 1.54) is 5.56 Å². The molecule has 0 fully saturated rings. The molecule has 0 atom stereocenters. The monoisotopic (exact) mass is 376 g/mol. The Labute approximate surface area is 164 Å². The molecule has 0 radical (unpaired) electrons. The molecule has 7 nitrogen and oxygen atoms in total. The van der Waals surface area contributed by atoms with Crippen LogP contribution in [0.15, 0.2) is 54.9 Å². The average molecular weight is 376 g/mol. The average Bonchev–Trinajstić information content (AvgIpc) is 3.14. The number of hydrogen-bond donors (Lipinski definition) is 1. The van der Waals surface area contributed by atoms with Crippen LogP contribution in [0.2, 0.25) is 0 Å². The fourth-order valence-corrected chi connectivity index (χ4v) is 3.44. The van der Waals surface area contributed by atoms with Crippen LogP contribution < -0.4 is 5.32 Å². The topological polar surface area (TPSA) is 75.9 Å². The van der Waals surface area contributed by atoms with Crippen molar-refractivity contribution in [2.45, 2.75) is 39.0 Å². The van der Waals surface area contributed by atoms with Crippen LogP contribution in [0.3, 0.4) is 0 Å². The molecule has 0 spiro atoms. The quantitative estimate of drug-likeness (QED) is 0.682. The first kappa shape index (κ1) is 18.3. The second-order valence-electron chi connectivity index (χ2n) is 7.04. The number of pyridine rings is 1. The van der Waals surface area contributed by atoms with Gasteiger partial charge in [-0.1, -0.05) is 41.6 Å². The van der Waals surface area contributed by atoms with E-state index < -0.39 is 0 Å². The Hall–Kier alpha value is -3.06. The first-order chi connectivity index (χ1) is 13.8. The molecule has 0 saturated heterocycles. The number of nitrogens with zero attached hydrogens (tertiary/aromatic N) is 5. The molecule has 7 heteroatoms. The van der Waals surface area contributed by atoms with Crippen molar-refractivity contribution in [2.75, 3.05) is 6.54 Å². The molecule has 0 saturated carbocycles. The predicted octanol–water partition coefficient (Wildman–Crippen LogP) is 1.94. The molecule has 1 aliphatic rings. The lowest BCUT2D eigenvalue weighted by Gasteiger charge is -2.27. The summed E-state index contributed by atoms with van der Waals surface area (Å²) in [6.45, 7) is 3.96. The lowest BCUT2D eigenvalue weighted by molar-refractivity contribution is -0.121. The number of carbonyl (C=O) groups is 1. The maximum absolute atomic E-state index is 12.2. The van der Waals surface area contributed by atoms with Gasteiger partial charge in [-0.15, -0.1) is 5.10 Å². The molecule has 1 amide bonds. The van der Waals surface area contributed by atoms with Gasteiger partial charge in [-0.25, -0.2) is 4.68 Å². The molecule has 0 aliphatic carbocycles. The number of aryl methyl sites for hydroxylation is 1. The van der Waals surface area contributed by atoms with E-state index in [0.29, 0.717) is 19.4 Å². The van der Waals surface area contributed by atoms with Crippen molar-refractivity contribution < 1.29 is 4.79 Å². The lowest BCUT2D eigenvalue weighted by Crippen LogP contribution is -2.34. The Morgan fingerprint density at radius 2 is 1.93 bits per heavy atom. The van der Waals surface area contributed by atoms with Crippen LogP contribution >= 0.6 is 0 Å². The van der Waals surface area contributed by atoms with E-state index in [1.54, 1.807) is 6.20 Å². The second kappa shape index (κ2) is 8.75. The van der Waals surface area contributed by atoms with Gasteiger partial charge in [0.15, 0.2) is 0 Å². The third-order valence-corrected chi connectivity index (χ3v) is 4.97. The summed E-state index contributed by atoms with van der Waals surface area (Å²) < 4.78 is 1.97. The summed E-state index contributed by atoms with van der Waals surface area (Å²) in [6.07, 6.45) is 4.72. The van der Waals surface area contributed by atoms with Crippen molar-refractivity contribution in [3.05, 3.63) is 77.4 Å². The molecule has 2 aromatic heterocycles. The van der Waals surface area contributed by atoms with Crippen molar-refractivity contribution in [3.8, 4) is 0 Å². The normalized spacial score (nSPS) is 13.9. The van der Waals surface area contributed by atoms with Gasteiger partial charge in [0.05, 0.1) is 17.9 Å². The first-order valence-electron chi connectivity index (χ1n) is 9.61. The highest BCUT2D eigenvalue weighted by Crippen LogP contribution is 2.18. The molecule has 28 heavy (non-hydrogen) atoms. The van der Waals surface area contributed by atoms with Crippen LogP contribution in [0.1, 0.15) is 28.9 Å². The van der Waals surface area contributed by atoms with Gasteiger partial charge in [0, 0.05) is 51.4 Å². The molecule has 1 aliphatic heterocycles. The van der Waals surface area contributed by atoms with Crippen molar-refractivity contribution in [1.82, 2.24) is 30.2 Å². The minimum absolute atomic E-state index is 0.0358. The van der Waals surface area contributed by atoms with Crippen LogP contribution in [0.5, 0.6) is 0 Å². The molecule has 3 aromatic rings. The zero-order valence-corrected chi connectivity index (χ0v) is 15.8. The van der Waals surface area contributed by atoms with Crippen molar-refractivity contribution in [1.29, 1.82) is 0 Å². The molecule has 0 unspecified atom stereocenters. The van der Waals surface area contributed by atoms with Gasteiger partial charge in [-0.05, 0) is 17.2 Å². The van der Waals surface area contributed by atoms with E-state index in [9.17, 15) is 4.79 Å². The third-order valence-electron chi connectivity index (χ3n) is 4.97. The van der Waals surface area contributed by atoms with Crippen molar-refractivity contribution >= 4 is 5.91 Å². The van der Waals surface area contributed by atoms with Gasteiger partial charge < -0.3 is 5.32 Å². The number of carbonyl (C=O) groups excluding carboxylic acids is 1. The minimum Gasteiger partial charge on any atom is -0.352 e. The molecular formula is C21H24N6O. The van der Waals surface area contributed by atoms with E-state index in [0.717, 1.165) is 43.1 Å². The summed E-state index contributed by atoms with van der Waals surface area (Å²) in [5, 5.41) is 11.6. The fraction of sp³-hybridized carbons (Fsp3) is 0.333. The fourth-order valence-electron chi connectivity index (χ4n) is 3.44. The third kappa shape index (κ3) is 4.61. The number of fused-ring (bicyclic) bond motifs is 1. The Bertz CT molecular complexity index is 909. The van der Waals surface area contributed by atoms with E-state index >= 15 is 0 Å². The van der Waals surface area contributed by atoms with Gasteiger partial charge in [0.2, 0.25) is 5.91 Å². The molecule has 1 aromatic carbocycles. The molecular weight excluding hydrogens is 352 g/mol. The van der Waals surface area contributed by atoms with Crippen LogP contribution in [-0.4, -0.2) is 37.3 Å². The van der Waals surface area contributed by atoms with E-state index in [4.69, 9.17) is 0 Å². The van der Waals surface area contributed by atoms with Gasteiger partial charge in [0.25, 0.3) is 0 Å². The molecule has 144 valence electrons. The standard InChI is InChI=1S/C21H24N6O/c28-21(23-14-17-5-2-1-3-6-17)9-8-19-20-16-26(11-12-27(20)25-24-19)15-18-7-4-10-22-13-18/h1-7,10,13H,8-9,11-12,14-16H2,(H,23,28). The molecule has 4 rings (SSSR count). The van der Waals surface area contributed by atoms with Crippen LogP contribution in [0.25, 0.3) is 0 Å². The van der Waals surface area contributed by atoms with Gasteiger partial charge in [0.1, 0.15) is 0 Å². The van der Waals surface area contributed by atoms with E-state index in [2.05, 4.69) is 31.6 Å². The van der Waals surface area contributed by atoms with Crippen molar-refractivity contribution in [3.63, 3.8) is 0 Å². The lowest BCUT2D eigenvalue weighted by atomic mass is 10.1. The maximum Gasteiger partial charge on any atom is 0.220 e. The number of aromatic nitrogens is 4. The predicted molar refractivity (Wildman–Crippen MR) is 105 cm³/mol. The molecule has 3 heterocycles. The number of benzene rings is 1. The number of amides is 1. The van der Waals surface area contributed by atoms with Crippen LogP contribution in [0.4, 0.5) is 0 Å².